The van der Waals surface area contributed by atoms with Crippen molar-refractivity contribution in [1.82, 2.24) is 0 Å². The third kappa shape index (κ3) is 2.32. The smallest absolute Gasteiger partial charge is 0.107 e. The van der Waals surface area contributed by atoms with E-state index in [9.17, 15) is 0 Å². The molecule has 0 saturated carbocycles. The van der Waals surface area contributed by atoms with E-state index in [0.717, 1.165) is 16.6 Å². The first-order chi connectivity index (χ1) is 7.33. The number of hydrogen-bond donors (Lipinski definition) is 0. The molecule has 0 aromatic carbocycles. The van der Waals surface area contributed by atoms with Crippen LogP contribution >= 0.6 is 27.3 Å². The molecule has 92 valence electrons. The van der Waals surface area contributed by atoms with Crippen molar-refractivity contribution in [1.29, 1.82) is 0 Å². The zero-order chi connectivity index (χ0) is 12.5. The topological polar surface area (TPSA) is 0 Å². The van der Waals surface area contributed by atoms with Crippen LogP contribution in [0.2, 0.25) is 16.6 Å². The zero-order valence-electron chi connectivity index (χ0n) is 11.2. The molecule has 0 N–H and O–H groups in total. The average Bonchev–Trinajstić information content (AvgIpc) is 2.50. The lowest BCUT2D eigenvalue weighted by Crippen LogP contribution is -2.54. The molecule has 3 heteroatoms. The summed E-state index contributed by atoms with van der Waals surface area (Å²) in [5.74, 6) is 0. The first kappa shape index (κ1) is 14.5. The second-order valence-corrected chi connectivity index (χ2v) is 13.6. The van der Waals surface area contributed by atoms with E-state index >= 15 is 0 Å². The standard InChI is InChI=1S/C13H23BrSSi/c1-9(2)16(10(3)4,11(5)6)13-7-12(14)8-15-13/h7-11H,1-6H3. The summed E-state index contributed by atoms with van der Waals surface area (Å²) in [7, 11) is -1.39. The Kier molecular flexibility index (Phi) is 4.84. The monoisotopic (exact) mass is 318 g/mol. The predicted octanol–water partition coefficient (Wildman–Crippen LogP) is 5.40. The molecule has 0 radical (unpaired) electrons. The Bertz CT molecular complexity index is 320. The van der Waals surface area contributed by atoms with Crippen LogP contribution in [0.15, 0.2) is 15.9 Å². The van der Waals surface area contributed by atoms with Gasteiger partial charge >= 0.3 is 0 Å². The number of rotatable bonds is 4. The van der Waals surface area contributed by atoms with Gasteiger partial charge in [0.2, 0.25) is 0 Å². The molecule has 0 fully saturated rings. The highest BCUT2D eigenvalue weighted by Gasteiger charge is 2.45. The summed E-state index contributed by atoms with van der Waals surface area (Å²) in [5, 5.41) is 2.24. The number of hydrogen-bond acceptors (Lipinski definition) is 1. The lowest BCUT2D eigenvalue weighted by molar-refractivity contribution is 0.837. The number of thiophene rings is 1. The normalized spacial score (nSPS) is 13.1. The SMILES string of the molecule is CC(C)[Si](c1cc(Br)cs1)(C(C)C)C(C)C. The summed E-state index contributed by atoms with van der Waals surface area (Å²) < 4.78 is 2.92. The van der Waals surface area contributed by atoms with Gasteiger partial charge in [0.1, 0.15) is 8.07 Å². The quantitative estimate of drug-likeness (QED) is 0.652. The van der Waals surface area contributed by atoms with Crippen molar-refractivity contribution in [3.05, 3.63) is 15.9 Å². The molecule has 0 bridgehead atoms. The van der Waals surface area contributed by atoms with Gasteiger partial charge in [0.25, 0.3) is 0 Å². The highest BCUT2D eigenvalue weighted by Crippen LogP contribution is 2.42. The van der Waals surface area contributed by atoms with Crippen molar-refractivity contribution < 1.29 is 0 Å². The molecular formula is C13H23BrSSi. The summed E-state index contributed by atoms with van der Waals surface area (Å²) in [5.41, 5.74) is 2.41. The second-order valence-electron chi connectivity index (χ2n) is 5.53. The van der Waals surface area contributed by atoms with Crippen LogP contribution in [-0.4, -0.2) is 8.07 Å². The largest absolute Gasteiger partial charge is 0.152 e. The van der Waals surface area contributed by atoms with Gasteiger partial charge in [-0.2, -0.15) is 11.3 Å². The molecule has 0 saturated heterocycles. The van der Waals surface area contributed by atoms with Crippen molar-refractivity contribution >= 4 is 39.8 Å². The van der Waals surface area contributed by atoms with E-state index in [0.29, 0.717) is 0 Å². The Hall–Kier alpha value is 0.397. The molecule has 0 nitrogen and oxygen atoms in total. The molecule has 1 aromatic heterocycles. The van der Waals surface area contributed by atoms with E-state index < -0.39 is 8.07 Å². The van der Waals surface area contributed by atoms with Crippen LogP contribution < -0.4 is 4.50 Å². The summed E-state index contributed by atoms with van der Waals surface area (Å²) in [6, 6.07) is 2.37. The molecule has 0 aliphatic heterocycles. The Balaban J connectivity index is 3.33. The Labute approximate surface area is 114 Å². The fourth-order valence-electron chi connectivity index (χ4n) is 3.39. The maximum absolute atomic E-state index is 3.60. The number of halogens is 1. The molecule has 1 aromatic rings. The lowest BCUT2D eigenvalue weighted by Gasteiger charge is -2.42. The van der Waals surface area contributed by atoms with Crippen molar-refractivity contribution in [3.63, 3.8) is 0 Å². The molecule has 0 aliphatic rings. The molecule has 1 heterocycles. The molecule has 0 atom stereocenters. The van der Waals surface area contributed by atoms with E-state index in [-0.39, 0.29) is 0 Å². The fraction of sp³-hybridized carbons (Fsp3) is 0.692. The molecule has 0 amide bonds. The lowest BCUT2D eigenvalue weighted by atomic mass is 10.5. The van der Waals surface area contributed by atoms with Crippen LogP contribution in [-0.2, 0) is 0 Å². The Morgan fingerprint density at radius 3 is 1.69 bits per heavy atom. The third-order valence-corrected chi connectivity index (χ3v) is 13.5. The van der Waals surface area contributed by atoms with Crippen molar-refractivity contribution in [2.45, 2.75) is 58.2 Å². The minimum Gasteiger partial charge on any atom is -0.152 e. The van der Waals surface area contributed by atoms with Gasteiger partial charge in [0.15, 0.2) is 0 Å². The van der Waals surface area contributed by atoms with E-state index in [1.54, 1.807) is 4.50 Å². The van der Waals surface area contributed by atoms with Gasteiger partial charge in [-0.05, 0) is 43.1 Å². The van der Waals surface area contributed by atoms with E-state index in [4.69, 9.17) is 0 Å². The van der Waals surface area contributed by atoms with E-state index in [2.05, 4.69) is 68.9 Å². The van der Waals surface area contributed by atoms with Gasteiger partial charge in [-0.1, -0.05) is 41.5 Å². The maximum Gasteiger partial charge on any atom is 0.107 e. The van der Waals surface area contributed by atoms with Crippen molar-refractivity contribution in [2.24, 2.45) is 0 Å². The second kappa shape index (κ2) is 5.36. The van der Waals surface area contributed by atoms with E-state index in [1.807, 2.05) is 11.3 Å². The highest BCUT2D eigenvalue weighted by atomic mass is 79.9. The minimum absolute atomic E-state index is 0.804. The van der Waals surface area contributed by atoms with Gasteiger partial charge in [-0.15, -0.1) is 0 Å². The van der Waals surface area contributed by atoms with Gasteiger partial charge < -0.3 is 0 Å². The van der Waals surface area contributed by atoms with Crippen molar-refractivity contribution in [3.8, 4) is 0 Å². The summed E-state index contributed by atoms with van der Waals surface area (Å²) in [6.07, 6.45) is 0. The van der Waals surface area contributed by atoms with Crippen molar-refractivity contribution in [2.75, 3.05) is 0 Å². The fourth-order valence-corrected chi connectivity index (χ4v) is 14.0. The third-order valence-electron chi connectivity index (χ3n) is 3.86. The van der Waals surface area contributed by atoms with Gasteiger partial charge in [-0.3, -0.25) is 0 Å². The summed E-state index contributed by atoms with van der Waals surface area (Å²) in [4.78, 5) is 0. The molecule has 0 unspecified atom stereocenters. The van der Waals surface area contributed by atoms with Gasteiger partial charge in [-0.25, -0.2) is 0 Å². The zero-order valence-corrected chi connectivity index (χ0v) is 14.6. The molecule has 0 spiro atoms. The predicted molar refractivity (Wildman–Crippen MR) is 82.7 cm³/mol. The molecule has 0 aliphatic carbocycles. The molecular weight excluding hydrogens is 296 g/mol. The Morgan fingerprint density at radius 1 is 1.00 bits per heavy atom. The van der Waals surface area contributed by atoms with Crippen LogP contribution in [0, 0.1) is 0 Å². The van der Waals surface area contributed by atoms with Gasteiger partial charge in [0, 0.05) is 9.85 Å². The Morgan fingerprint density at radius 2 is 1.44 bits per heavy atom. The summed E-state index contributed by atoms with van der Waals surface area (Å²) >= 11 is 5.56. The average molecular weight is 319 g/mol. The maximum atomic E-state index is 3.60. The van der Waals surface area contributed by atoms with Crippen LogP contribution in [0.1, 0.15) is 41.5 Å². The van der Waals surface area contributed by atoms with Crippen LogP contribution in [0.5, 0.6) is 0 Å². The van der Waals surface area contributed by atoms with Crippen LogP contribution in [0.4, 0.5) is 0 Å². The van der Waals surface area contributed by atoms with Crippen LogP contribution in [0.25, 0.3) is 0 Å². The summed E-state index contributed by atoms with van der Waals surface area (Å²) in [6.45, 7) is 14.5. The van der Waals surface area contributed by atoms with E-state index in [1.165, 1.54) is 4.47 Å². The van der Waals surface area contributed by atoms with Gasteiger partial charge in [0.05, 0.1) is 0 Å². The first-order valence-corrected chi connectivity index (χ1v) is 9.98. The minimum atomic E-state index is -1.39. The molecule has 1 rings (SSSR count). The molecule has 16 heavy (non-hydrogen) atoms. The first-order valence-electron chi connectivity index (χ1n) is 6.07. The highest BCUT2D eigenvalue weighted by molar-refractivity contribution is 9.10. The van der Waals surface area contributed by atoms with Crippen LogP contribution in [0.3, 0.4) is 0 Å².